The molecule has 0 aliphatic heterocycles. The molecule has 0 spiro atoms. The SMILES string of the molecule is COC(=O)[C@@H](Nc1nc(CNS(=O)(=O)c2ccccc2)nc2ccccc12)C(C)C. The van der Waals surface area contributed by atoms with Gasteiger partial charge in [-0.25, -0.2) is 27.9 Å². The molecule has 0 unspecified atom stereocenters. The highest BCUT2D eigenvalue weighted by molar-refractivity contribution is 7.89. The van der Waals surface area contributed by atoms with Crippen molar-refractivity contribution in [2.75, 3.05) is 12.4 Å². The summed E-state index contributed by atoms with van der Waals surface area (Å²) in [6, 6.07) is 14.8. The molecule has 0 saturated carbocycles. The molecule has 1 atom stereocenters. The Hall–Kier alpha value is -3.04. The molecule has 8 nitrogen and oxygen atoms in total. The average Bonchev–Trinajstić information content (AvgIpc) is 2.75. The molecule has 30 heavy (non-hydrogen) atoms. The Kier molecular flexibility index (Phi) is 6.63. The highest BCUT2D eigenvalue weighted by Gasteiger charge is 2.24. The Morgan fingerprint density at radius 2 is 1.70 bits per heavy atom. The van der Waals surface area contributed by atoms with Gasteiger partial charge in [0.2, 0.25) is 10.0 Å². The van der Waals surface area contributed by atoms with Gasteiger partial charge in [0, 0.05) is 5.39 Å². The van der Waals surface area contributed by atoms with Crippen LogP contribution >= 0.6 is 0 Å². The lowest BCUT2D eigenvalue weighted by atomic mass is 10.0. The highest BCUT2D eigenvalue weighted by atomic mass is 32.2. The van der Waals surface area contributed by atoms with Crippen molar-refractivity contribution in [3.8, 4) is 0 Å². The Morgan fingerprint density at radius 3 is 2.37 bits per heavy atom. The highest BCUT2D eigenvalue weighted by Crippen LogP contribution is 2.23. The first-order valence-corrected chi connectivity index (χ1v) is 10.9. The maximum absolute atomic E-state index is 12.5. The fraction of sp³-hybridized carbons (Fsp3) is 0.286. The van der Waals surface area contributed by atoms with E-state index in [-0.39, 0.29) is 23.2 Å². The zero-order valence-corrected chi connectivity index (χ0v) is 17.8. The molecule has 0 radical (unpaired) electrons. The van der Waals surface area contributed by atoms with Gasteiger partial charge in [-0.1, -0.05) is 44.2 Å². The fourth-order valence-corrected chi connectivity index (χ4v) is 3.93. The zero-order chi connectivity index (χ0) is 21.7. The topological polar surface area (TPSA) is 110 Å². The van der Waals surface area contributed by atoms with Crippen molar-refractivity contribution in [2.45, 2.75) is 31.3 Å². The Balaban J connectivity index is 1.92. The Bertz CT molecular complexity index is 1130. The predicted molar refractivity (Wildman–Crippen MR) is 114 cm³/mol. The maximum atomic E-state index is 12.5. The van der Waals surface area contributed by atoms with E-state index in [0.29, 0.717) is 11.3 Å². The monoisotopic (exact) mass is 428 g/mol. The lowest BCUT2D eigenvalue weighted by Crippen LogP contribution is -2.36. The van der Waals surface area contributed by atoms with E-state index in [1.165, 1.54) is 19.2 Å². The van der Waals surface area contributed by atoms with Gasteiger partial charge < -0.3 is 10.1 Å². The van der Waals surface area contributed by atoms with Gasteiger partial charge in [0.1, 0.15) is 17.7 Å². The number of fused-ring (bicyclic) bond motifs is 1. The molecule has 0 aliphatic carbocycles. The molecule has 0 aliphatic rings. The number of nitrogens with zero attached hydrogens (tertiary/aromatic N) is 2. The Labute approximate surface area is 175 Å². The van der Waals surface area contributed by atoms with Crippen molar-refractivity contribution in [2.24, 2.45) is 5.92 Å². The molecule has 1 aromatic heterocycles. The molecule has 0 bridgehead atoms. The van der Waals surface area contributed by atoms with E-state index in [0.717, 1.165) is 5.39 Å². The molecule has 2 aromatic carbocycles. The van der Waals surface area contributed by atoms with Gasteiger partial charge >= 0.3 is 5.97 Å². The van der Waals surface area contributed by atoms with Crippen LogP contribution in [0.5, 0.6) is 0 Å². The van der Waals surface area contributed by atoms with Gasteiger partial charge in [-0.15, -0.1) is 0 Å². The van der Waals surface area contributed by atoms with Crippen LogP contribution in [-0.2, 0) is 26.1 Å². The van der Waals surface area contributed by atoms with E-state index in [2.05, 4.69) is 20.0 Å². The van der Waals surface area contributed by atoms with Crippen molar-refractivity contribution < 1.29 is 17.9 Å². The van der Waals surface area contributed by atoms with Gasteiger partial charge in [0.05, 0.1) is 24.1 Å². The third kappa shape index (κ3) is 4.92. The van der Waals surface area contributed by atoms with Gasteiger partial charge in [-0.3, -0.25) is 0 Å². The molecular formula is C21H24N4O4S. The second kappa shape index (κ2) is 9.19. The normalized spacial score (nSPS) is 12.7. The van der Waals surface area contributed by atoms with Crippen molar-refractivity contribution in [1.29, 1.82) is 0 Å². The number of sulfonamides is 1. The number of carbonyl (C=O) groups excluding carboxylic acids is 1. The van der Waals surface area contributed by atoms with Crippen molar-refractivity contribution >= 4 is 32.7 Å². The number of nitrogens with one attached hydrogen (secondary N) is 2. The number of esters is 1. The largest absolute Gasteiger partial charge is 0.467 e. The van der Waals surface area contributed by atoms with Gasteiger partial charge in [0.15, 0.2) is 0 Å². The molecule has 9 heteroatoms. The lowest BCUT2D eigenvalue weighted by Gasteiger charge is -2.21. The van der Waals surface area contributed by atoms with Crippen LogP contribution in [0.2, 0.25) is 0 Å². The van der Waals surface area contributed by atoms with Crippen LogP contribution in [0.15, 0.2) is 59.5 Å². The summed E-state index contributed by atoms with van der Waals surface area (Å²) in [4.78, 5) is 21.3. The molecule has 3 aromatic rings. The van der Waals surface area contributed by atoms with Gasteiger partial charge in [-0.2, -0.15) is 0 Å². The molecule has 158 valence electrons. The molecule has 3 rings (SSSR count). The van der Waals surface area contributed by atoms with Crippen molar-refractivity contribution in [1.82, 2.24) is 14.7 Å². The number of anilines is 1. The molecule has 0 amide bonds. The summed E-state index contributed by atoms with van der Waals surface area (Å²) in [7, 11) is -2.37. The quantitative estimate of drug-likeness (QED) is 0.531. The number of para-hydroxylation sites is 1. The number of benzene rings is 2. The minimum atomic E-state index is -3.70. The second-order valence-corrected chi connectivity index (χ2v) is 8.80. The van der Waals surface area contributed by atoms with E-state index < -0.39 is 22.0 Å². The standard InChI is InChI=1S/C21H24N4O4S/c1-14(2)19(21(26)29-3)25-20-16-11-7-8-12-17(16)23-18(24-20)13-22-30(27,28)15-9-5-4-6-10-15/h4-12,14,19,22H,13H2,1-3H3,(H,23,24,25)/t19-/m0/s1. The molecular weight excluding hydrogens is 404 g/mol. The van der Waals surface area contributed by atoms with Gasteiger partial charge in [0.25, 0.3) is 0 Å². The van der Waals surface area contributed by atoms with Crippen LogP contribution in [-0.4, -0.2) is 37.5 Å². The van der Waals surface area contributed by atoms with Crippen LogP contribution in [0.25, 0.3) is 10.9 Å². The van der Waals surface area contributed by atoms with Crippen LogP contribution in [0.4, 0.5) is 5.82 Å². The third-order valence-corrected chi connectivity index (χ3v) is 5.95. The van der Waals surface area contributed by atoms with E-state index in [9.17, 15) is 13.2 Å². The molecule has 1 heterocycles. The predicted octanol–water partition coefficient (Wildman–Crippen LogP) is 2.72. The third-order valence-electron chi connectivity index (χ3n) is 4.54. The van der Waals surface area contributed by atoms with E-state index >= 15 is 0 Å². The van der Waals surface area contributed by atoms with Crippen LogP contribution in [0, 0.1) is 5.92 Å². The van der Waals surface area contributed by atoms with Crippen LogP contribution in [0.3, 0.4) is 0 Å². The summed E-state index contributed by atoms with van der Waals surface area (Å²) >= 11 is 0. The van der Waals surface area contributed by atoms with E-state index in [1.54, 1.807) is 24.3 Å². The summed E-state index contributed by atoms with van der Waals surface area (Å²) in [5, 5.41) is 3.86. The fourth-order valence-electron chi connectivity index (χ4n) is 2.93. The van der Waals surface area contributed by atoms with Gasteiger partial charge in [-0.05, 0) is 30.2 Å². The smallest absolute Gasteiger partial charge is 0.328 e. The number of aromatic nitrogens is 2. The number of hydrogen-bond acceptors (Lipinski definition) is 7. The van der Waals surface area contributed by atoms with Crippen LogP contribution in [0.1, 0.15) is 19.7 Å². The molecule has 2 N–H and O–H groups in total. The summed E-state index contributed by atoms with van der Waals surface area (Å²) < 4.78 is 32.4. The molecule has 0 fully saturated rings. The summed E-state index contributed by atoms with van der Waals surface area (Å²) in [6.07, 6.45) is 0. The zero-order valence-electron chi connectivity index (χ0n) is 17.0. The maximum Gasteiger partial charge on any atom is 0.328 e. The summed E-state index contributed by atoms with van der Waals surface area (Å²) in [5.41, 5.74) is 0.635. The van der Waals surface area contributed by atoms with Crippen molar-refractivity contribution in [3.05, 3.63) is 60.4 Å². The van der Waals surface area contributed by atoms with E-state index in [1.807, 2.05) is 32.0 Å². The molecule has 0 saturated heterocycles. The van der Waals surface area contributed by atoms with E-state index in [4.69, 9.17) is 4.74 Å². The number of hydrogen-bond donors (Lipinski definition) is 2. The first-order chi connectivity index (χ1) is 14.3. The second-order valence-electron chi connectivity index (χ2n) is 7.03. The number of rotatable bonds is 8. The number of methoxy groups -OCH3 is 1. The summed E-state index contributed by atoms with van der Waals surface area (Å²) in [5.74, 6) is 0.270. The lowest BCUT2D eigenvalue weighted by molar-refractivity contribution is -0.142. The van der Waals surface area contributed by atoms with Crippen molar-refractivity contribution in [3.63, 3.8) is 0 Å². The first-order valence-electron chi connectivity index (χ1n) is 9.46. The number of carbonyl (C=O) groups is 1. The first kappa shape index (κ1) is 21.7. The number of ether oxygens (including phenoxy) is 1. The minimum Gasteiger partial charge on any atom is -0.467 e. The summed E-state index contributed by atoms with van der Waals surface area (Å²) in [6.45, 7) is 3.70. The van der Waals surface area contributed by atoms with Crippen LogP contribution < -0.4 is 10.0 Å². The minimum absolute atomic E-state index is 0.0498. The Morgan fingerprint density at radius 1 is 1.03 bits per heavy atom. The average molecular weight is 429 g/mol.